The Morgan fingerprint density at radius 3 is 2.50 bits per heavy atom. The first-order valence-corrected chi connectivity index (χ1v) is 6.81. The van der Waals surface area contributed by atoms with Gasteiger partial charge >= 0.3 is 0 Å². The van der Waals surface area contributed by atoms with Gasteiger partial charge < -0.3 is 10.1 Å². The normalized spacial score (nSPS) is 10.5. The van der Waals surface area contributed by atoms with Crippen LogP contribution in [-0.4, -0.2) is 13.0 Å². The quantitative estimate of drug-likeness (QED) is 0.785. The van der Waals surface area contributed by atoms with Crippen molar-refractivity contribution in [3.05, 3.63) is 72.0 Å². The van der Waals surface area contributed by atoms with Crippen LogP contribution in [0.1, 0.15) is 10.4 Å². The molecule has 0 spiro atoms. The lowest BCUT2D eigenvalue weighted by Crippen LogP contribution is -2.12. The summed E-state index contributed by atoms with van der Waals surface area (Å²) in [6.07, 6.45) is 0. The molecule has 22 heavy (non-hydrogen) atoms. The zero-order valence-corrected chi connectivity index (χ0v) is 12.0. The van der Waals surface area contributed by atoms with Crippen LogP contribution >= 0.6 is 0 Å². The maximum atomic E-state index is 13.2. The Morgan fingerprint density at radius 2 is 1.77 bits per heavy atom. The van der Waals surface area contributed by atoms with Crippen molar-refractivity contribution in [3.63, 3.8) is 0 Å². The summed E-state index contributed by atoms with van der Waals surface area (Å²) in [6, 6.07) is 16.8. The van der Waals surface area contributed by atoms with Crippen LogP contribution in [-0.2, 0) is 0 Å². The minimum atomic E-state index is -0.391. The number of carbonyl (C=O) groups is 1. The lowest BCUT2D eigenvalue weighted by molar-refractivity contribution is 0.102. The summed E-state index contributed by atoms with van der Waals surface area (Å²) in [5, 5.41) is 4.35. The molecule has 0 radical (unpaired) electrons. The highest BCUT2D eigenvalue weighted by molar-refractivity contribution is 6.13. The van der Waals surface area contributed by atoms with Gasteiger partial charge in [0.05, 0.1) is 7.11 Å². The Labute approximate surface area is 127 Å². The predicted octanol–water partition coefficient (Wildman–Crippen LogP) is 4.24. The van der Waals surface area contributed by atoms with Crippen molar-refractivity contribution in [2.24, 2.45) is 0 Å². The number of halogens is 1. The van der Waals surface area contributed by atoms with Gasteiger partial charge in [-0.3, -0.25) is 4.79 Å². The Kier molecular flexibility index (Phi) is 3.74. The second-order valence-corrected chi connectivity index (χ2v) is 4.83. The highest BCUT2D eigenvalue weighted by atomic mass is 19.1. The summed E-state index contributed by atoms with van der Waals surface area (Å²) in [7, 11) is 1.59. The van der Waals surface area contributed by atoms with Gasteiger partial charge in [0, 0.05) is 16.6 Å². The van der Waals surface area contributed by atoms with Crippen molar-refractivity contribution in [1.29, 1.82) is 0 Å². The molecule has 3 aromatic rings. The third-order valence-electron chi connectivity index (χ3n) is 3.43. The molecule has 1 N–H and O–H groups in total. The Bertz CT molecular complexity index is 845. The number of ether oxygens (including phenoxy) is 1. The van der Waals surface area contributed by atoms with Crippen LogP contribution in [0.5, 0.6) is 5.75 Å². The second kappa shape index (κ2) is 5.85. The zero-order chi connectivity index (χ0) is 15.5. The molecule has 3 nitrogen and oxygen atoms in total. The molecule has 0 fully saturated rings. The molecule has 0 atom stereocenters. The molecule has 110 valence electrons. The molecule has 1 amide bonds. The van der Waals surface area contributed by atoms with Gasteiger partial charge in [-0.15, -0.1) is 0 Å². The number of hydrogen-bond donors (Lipinski definition) is 1. The summed E-state index contributed by atoms with van der Waals surface area (Å²) in [5.41, 5.74) is 0.936. The summed E-state index contributed by atoms with van der Waals surface area (Å²) in [4.78, 5) is 12.5. The van der Waals surface area contributed by atoms with Gasteiger partial charge in [0.15, 0.2) is 0 Å². The van der Waals surface area contributed by atoms with E-state index in [4.69, 9.17) is 4.74 Å². The van der Waals surface area contributed by atoms with Crippen molar-refractivity contribution >= 4 is 22.4 Å². The van der Waals surface area contributed by atoms with Crippen molar-refractivity contribution in [1.82, 2.24) is 0 Å². The Morgan fingerprint density at radius 1 is 1.00 bits per heavy atom. The molecule has 0 aliphatic carbocycles. The van der Waals surface area contributed by atoms with Crippen LogP contribution in [0, 0.1) is 5.82 Å². The average molecular weight is 295 g/mol. The molecule has 0 saturated carbocycles. The van der Waals surface area contributed by atoms with E-state index in [2.05, 4.69) is 5.32 Å². The molecule has 4 heteroatoms. The monoisotopic (exact) mass is 295 g/mol. The number of anilines is 1. The molecule has 0 unspecified atom stereocenters. The lowest BCUT2D eigenvalue weighted by Gasteiger charge is -2.11. The minimum Gasteiger partial charge on any atom is -0.496 e. The third-order valence-corrected chi connectivity index (χ3v) is 3.43. The Hall–Kier alpha value is -2.88. The molecule has 0 aliphatic heterocycles. The van der Waals surface area contributed by atoms with E-state index in [9.17, 15) is 9.18 Å². The van der Waals surface area contributed by atoms with Crippen LogP contribution in [0.4, 0.5) is 10.1 Å². The number of benzene rings is 3. The topological polar surface area (TPSA) is 38.3 Å². The van der Waals surface area contributed by atoms with Crippen molar-refractivity contribution in [3.8, 4) is 5.75 Å². The number of amides is 1. The smallest absolute Gasteiger partial charge is 0.256 e. The van der Waals surface area contributed by atoms with Crippen LogP contribution in [0.25, 0.3) is 10.8 Å². The van der Waals surface area contributed by atoms with E-state index < -0.39 is 5.82 Å². The van der Waals surface area contributed by atoms with Gasteiger partial charge in [0.2, 0.25) is 0 Å². The maximum Gasteiger partial charge on any atom is 0.256 e. The van der Waals surface area contributed by atoms with E-state index >= 15 is 0 Å². The molecular formula is C18H14FNO2. The second-order valence-electron chi connectivity index (χ2n) is 4.83. The fourth-order valence-corrected chi connectivity index (χ4v) is 2.41. The fraction of sp³-hybridized carbons (Fsp3) is 0.0556. The molecular weight excluding hydrogens is 281 g/mol. The SMILES string of the molecule is COc1ccc(C(=O)Nc2cccc(F)c2)c2ccccc12. The highest BCUT2D eigenvalue weighted by Crippen LogP contribution is 2.28. The molecule has 0 bridgehead atoms. The predicted molar refractivity (Wildman–Crippen MR) is 84.9 cm³/mol. The summed E-state index contributed by atoms with van der Waals surface area (Å²) in [5.74, 6) is 0.0275. The van der Waals surface area contributed by atoms with E-state index in [0.717, 1.165) is 10.8 Å². The summed E-state index contributed by atoms with van der Waals surface area (Å²) < 4.78 is 18.5. The van der Waals surface area contributed by atoms with Crippen LogP contribution < -0.4 is 10.1 Å². The molecule has 3 rings (SSSR count). The molecule has 0 aliphatic rings. The third kappa shape index (κ3) is 2.63. The number of carbonyl (C=O) groups excluding carboxylic acids is 1. The summed E-state index contributed by atoms with van der Waals surface area (Å²) >= 11 is 0. The minimum absolute atomic E-state index is 0.288. The average Bonchev–Trinajstić information content (AvgIpc) is 2.53. The van der Waals surface area contributed by atoms with Gasteiger partial charge in [-0.05, 0) is 35.7 Å². The number of nitrogens with one attached hydrogen (secondary N) is 1. The molecule has 0 saturated heterocycles. The van der Waals surface area contributed by atoms with Gasteiger partial charge in [-0.2, -0.15) is 0 Å². The van der Waals surface area contributed by atoms with Gasteiger partial charge in [-0.25, -0.2) is 4.39 Å². The van der Waals surface area contributed by atoms with E-state index in [1.165, 1.54) is 12.1 Å². The molecule has 0 heterocycles. The number of hydrogen-bond acceptors (Lipinski definition) is 2. The van der Waals surface area contributed by atoms with E-state index in [1.54, 1.807) is 31.4 Å². The van der Waals surface area contributed by atoms with E-state index in [1.807, 2.05) is 24.3 Å². The lowest BCUT2D eigenvalue weighted by atomic mass is 10.0. The maximum absolute atomic E-state index is 13.2. The standard InChI is InChI=1S/C18H14FNO2/c1-22-17-10-9-16(14-7-2-3-8-15(14)17)18(21)20-13-6-4-5-12(19)11-13/h2-11H,1H3,(H,20,21). The van der Waals surface area contributed by atoms with E-state index in [0.29, 0.717) is 17.0 Å². The number of rotatable bonds is 3. The number of fused-ring (bicyclic) bond motifs is 1. The first-order chi connectivity index (χ1) is 10.7. The zero-order valence-electron chi connectivity index (χ0n) is 12.0. The van der Waals surface area contributed by atoms with Gasteiger partial charge in [-0.1, -0.05) is 30.3 Å². The van der Waals surface area contributed by atoms with E-state index in [-0.39, 0.29) is 5.91 Å². The van der Waals surface area contributed by atoms with Crippen LogP contribution in [0.15, 0.2) is 60.7 Å². The van der Waals surface area contributed by atoms with Crippen molar-refractivity contribution in [2.75, 3.05) is 12.4 Å². The van der Waals surface area contributed by atoms with Crippen LogP contribution in [0.2, 0.25) is 0 Å². The Balaban J connectivity index is 2.01. The van der Waals surface area contributed by atoms with Gasteiger partial charge in [0.25, 0.3) is 5.91 Å². The highest BCUT2D eigenvalue weighted by Gasteiger charge is 2.13. The molecule has 0 aromatic heterocycles. The molecule has 3 aromatic carbocycles. The van der Waals surface area contributed by atoms with Gasteiger partial charge in [0.1, 0.15) is 11.6 Å². The first-order valence-electron chi connectivity index (χ1n) is 6.81. The number of methoxy groups -OCH3 is 1. The fourth-order valence-electron chi connectivity index (χ4n) is 2.41. The van der Waals surface area contributed by atoms with Crippen molar-refractivity contribution in [2.45, 2.75) is 0 Å². The van der Waals surface area contributed by atoms with Crippen molar-refractivity contribution < 1.29 is 13.9 Å². The van der Waals surface area contributed by atoms with Crippen LogP contribution in [0.3, 0.4) is 0 Å². The summed E-state index contributed by atoms with van der Waals surface area (Å²) in [6.45, 7) is 0. The first kappa shape index (κ1) is 14.1. The largest absolute Gasteiger partial charge is 0.496 e.